The average molecular weight is 270 g/mol. The first-order valence-corrected chi connectivity index (χ1v) is 8.09. The van der Waals surface area contributed by atoms with Gasteiger partial charge in [0.05, 0.1) is 10.6 Å². The fraction of sp³-hybridized carbons (Fsp3) is 0.364. The third-order valence-corrected chi connectivity index (χ3v) is 4.30. The minimum absolute atomic E-state index is 0.140. The molecule has 0 aliphatic rings. The second-order valence-corrected chi connectivity index (χ2v) is 7.53. The van der Waals surface area contributed by atoms with E-state index in [1.165, 1.54) is 11.1 Å². The van der Waals surface area contributed by atoms with Crippen LogP contribution in [0.4, 0.5) is 0 Å². The summed E-state index contributed by atoms with van der Waals surface area (Å²) in [5, 5.41) is 0. The number of hydrogen-bond acceptors (Lipinski definition) is 4. The molecule has 0 saturated heterocycles. The molecule has 2 aromatic heterocycles. The van der Waals surface area contributed by atoms with Crippen molar-refractivity contribution in [3.8, 4) is 10.7 Å². The van der Waals surface area contributed by atoms with Gasteiger partial charge in [0.25, 0.3) is 0 Å². The van der Waals surface area contributed by atoms with E-state index in [0.29, 0.717) is 6.54 Å². The number of sulfone groups is 1. The Kier molecular flexibility index (Phi) is 3.35. The molecule has 2 heterocycles. The molecule has 0 spiro atoms. The molecular formula is C11H14N2O2S2. The summed E-state index contributed by atoms with van der Waals surface area (Å²) >= 11 is 1.66. The summed E-state index contributed by atoms with van der Waals surface area (Å²) < 4.78 is 24.2. The van der Waals surface area contributed by atoms with E-state index in [-0.39, 0.29) is 5.75 Å². The number of aromatic nitrogens is 2. The van der Waals surface area contributed by atoms with Gasteiger partial charge in [0.15, 0.2) is 0 Å². The van der Waals surface area contributed by atoms with Crippen molar-refractivity contribution < 1.29 is 8.42 Å². The van der Waals surface area contributed by atoms with E-state index < -0.39 is 9.84 Å². The molecular weight excluding hydrogens is 256 g/mol. The first-order chi connectivity index (χ1) is 7.96. The Bertz CT molecular complexity index is 611. The summed E-state index contributed by atoms with van der Waals surface area (Å²) in [6, 6.07) is 4.05. The number of nitrogens with zero attached hydrogens (tertiary/aromatic N) is 2. The molecule has 92 valence electrons. The van der Waals surface area contributed by atoms with Crippen molar-refractivity contribution in [2.24, 2.45) is 0 Å². The zero-order valence-electron chi connectivity index (χ0n) is 9.75. The summed E-state index contributed by atoms with van der Waals surface area (Å²) in [7, 11) is -2.94. The maximum Gasteiger partial charge on any atom is 0.150 e. The third kappa shape index (κ3) is 3.17. The van der Waals surface area contributed by atoms with Crippen LogP contribution in [0.15, 0.2) is 24.5 Å². The molecule has 2 rings (SSSR count). The molecule has 0 N–H and O–H groups in total. The molecule has 6 heteroatoms. The zero-order valence-corrected chi connectivity index (χ0v) is 11.4. The van der Waals surface area contributed by atoms with Gasteiger partial charge in [-0.25, -0.2) is 13.4 Å². The average Bonchev–Trinajstić information content (AvgIpc) is 2.81. The fourth-order valence-electron chi connectivity index (χ4n) is 1.53. The van der Waals surface area contributed by atoms with Crippen molar-refractivity contribution in [3.63, 3.8) is 0 Å². The Balaban J connectivity index is 2.23. The molecule has 0 unspecified atom stereocenters. The van der Waals surface area contributed by atoms with E-state index in [1.54, 1.807) is 17.5 Å². The van der Waals surface area contributed by atoms with Gasteiger partial charge in [0, 0.05) is 30.1 Å². The zero-order chi connectivity index (χ0) is 12.5. The molecule has 0 atom stereocenters. The van der Waals surface area contributed by atoms with Gasteiger partial charge >= 0.3 is 0 Å². The number of thiophene rings is 1. The fourth-order valence-corrected chi connectivity index (χ4v) is 2.94. The van der Waals surface area contributed by atoms with Crippen molar-refractivity contribution in [2.45, 2.75) is 13.5 Å². The Morgan fingerprint density at radius 2 is 2.18 bits per heavy atom. The van der Waals surface area contributed by atoms with E-state index in [2.05, 4.69) is 4.98 Å². The molecule has 0 amide bonds. The highest BCUT2D eigenvalue weighted by molar-refractivity contribution is 7.90. The van der Waals surface area contributed by atoms with Gasteiger partial charge in [-0.05, 0) is 19.1 Å². The summed E-state index contributed by atoms with van der Waals surface area (Å²) in [5.74, 6) is 0.979. The van der Waals surface area contributed by atoms with Crippen LogP contribution in [0.1, 0.15) is 4.88 Å². The Morgan fingerprint density at radius 3 is 2.76 bits per heavy atom. The molecule has 0 fully saturated rings. The summed E-state index contributed by atoms with van der Waals surface area (Å²) in [4.78, 5) is 6.57. The van der Waals surface area contributed by atoms with Crippen LogP contribution in [0.5, 0.6) is 0 Å². The van der Waals surface area contributed by atoms with E-state index in [4.69, 9.17) is 0 Å². The van der Waals surface area contributed by atoms with Crippen LogP contribution in [0.3, 0.4) is 0 Å². The van der Waals surface area contributed by atoms with Gasteiger partial charge in [-0.1, -0.05) is 0 Å². The predicted molar refractivity (Wildman–Crippen MR) is 70.0 cm³/mol. The largest absolute Gasteiger partial charge is 0.329 e. The SMILES string of the molecule is Cc1ccc(-c2nccn2CCS(C)(=O)=O)s1. The number of aryl methyl sites for hydroxylation is 2. The quantitative estimate of drug-likeness (QED) is 0.853. The molecule has 0 bridgehead atoms. The molecule has 2 aromatic rings. The second-order valence-electron chi connectivity index (χ2n) is 3.98. The van der Waals surface area contributed by atoms with Crippen LogP contribution in [0.2, 0.25) is 0 Å². The second kappa shape index (κ2) is 4.62. The highest BCUT2D eigenvalue weighted by atomic mass is 32.2. The van der Waals surface area contributed by atoms with Gasteiger partial charge < -0.3 is 4.57 Å². The summed E-state index contributed by atoms with van der Waals surface area (Å²) in [6.45, 7) is 2.49. The van der Waals surface area contributed by atoms with E-state index in [0.717, 1.165) is 10.7 Å². The highest BCUT2D eigenvalue weighted by Crippen LogP contribution is 2.26. The third-order valence-electron chi connectivity index (χ3n) is 2.38. The monoisotopic (exact) mass is 270 g/mol. The predicted octanol–water partition coefficient (Wildman–Crippen LogP) is 1.96. The van der Waals surface area contributed by atoms with Gasteiger partial charge in [-0.3, -0.25) is 0 Å². The lowest BCUT2D eigenvalue weighted by Crippen LogP contribution is -2.11. The number of rotatable bonds is 4. The lowest BCUT2D eigenvalue weighted by Gasteiger charge is -2.05. The van der Waals surface area contributed by atoms with Gasteiger partial charge in [0.1, 0.15) is 15.7 Å². The lowest BCUT2D eigenvalue weighted by molar-refractivity contribution is 0.595. The van der Waals surface area contributed by atoms with Crippen molar-refractivity contribution in [2.75, 3.05) is 12.0 Å². The normalized spacial score (nSPS) is 11.9. The van der Waals surface area contributed by atoms with E-state index in [1.807, 2.05) is 29.8 Å². The number of hydrogen-bond donors (Lipinski definition) is 0. The van der Waals surface area contributed by atoms with E-state index >= 15 is 0 Å². The molecule has 0 radical (unpaired) electrons. The van der Waals surface area contributed by atoms with Crippen LogP contribution >= 0.6 is 11.3 Å². The maximum atomic E-state index is 11.1. The topological polar surface area (TPSA) is 52.0 Å². The summed E-state index contributed by atoms with van der Waals surface area (Å²) in [5.41, 5.74) is 0. The molecule has 4 nitrogen and oxygen atoms in total. The highest BCUT2D eigenvalue weighted by Gasteiger charge is 2.10. The maximum absolute atomic E-state index is 11.1. The van der Waals surface area contributed by atoms with Gasteiger partial charge in [-0.2, -0.15) is 0 Å². The van der Waals surface area contributed by atoms with Crippen molar-refractivity contribution in [1.82, 2.24) is 9.55 Å². The van der Waals surface area contributed by atoms with Crippen molar-refractivity contribution >= 4 is 21.2 Å². The van der Waals surface area contributed by atoms with Crippen LogP contribution in [0.25, 0.3) is 10.7 Å². The van der Waals surface area contributed by atoms with Crippen LogP contribution in [-0.4, -0.2) is 30.0 Å². The smallest absolute Gasteiger partial charge is 0.150 e. The summed E-state index contributed by atoms with van der Waals surface area (Å²) in [6.07, 6.45) is 4.77. The van der Waals surface area contributed by atoms with Gasteiger partial charge in [-0.15, -0.1) is 11.3 Å². The molecule has 0 aliphatic carbocycles. The molecule has 17 heavy (non-hydrogen) atoms. The molecule has 0 aliphatic heterocycles. The first-order valence-electron chi connectivity index (χ1n) is 5.21. The van der Waals surface area contributed by atoms with Crippen LogP contribution < -0.4 is 0 Å². The molecule has 0 aromatic carbocycles. The minimum atomic E-state index is -2.94. The van der Waals surface area contributed by atoms with E-state index in [9.17, 15) is 8.42 Å². The van der Waals surface area contributed by atoms with Crippen molar-refractivity contribution in [3.05, 3.63) is 29.4 Å². The van der Waals surface area contributed by atoms with Gasteiger partial charge in [0.2, 0.25) is 0 Å². The standard InChI is InChI=1S/C11H14N2O2S2/c1-9-3-4-10(16-9)11-12-5-6-13(11)7-8-17(2,14)15/h3-6H,7-8H2,1-2H3. The minimum Gasteiger partial charge on any atom is -0.329 e. The Hall–Kier alpha value is -1.14. The van der Waals surface area contributed by atoms with Crippen molar-refractivity contribution in [1.29, 1.82) is 0 Å². The lowest BCUT2D eigenvalue weighted by atomic mass is 10.4. The first kappa shape index (κ1) is 12.3. The Labute approximate surface area is 105 Å². The Morgan fingerprint density at radius 1 is 1.41 bits per heavy atom. The molecule has 0 saturated carbocycles. The van der Waals surface area contributed by atoms with Crippen LogP contribution in [0, 0.1) is 6.92 Å². The number of imidazole rings is 1. The van der Waals surface area contributed by atoms with Crippen LogP contribution in [-0.2, 0) is 16.4 Å².